The SMILES string of the molecule is COc1cccc(C(CC(=O)NC2(Cl)C=NC=CC2)N2Cc3ccccc3C2=O)c1OC. The van der Waals surface area contributed by atoms with Gasteiger partial charge in [0.1, 0.15) is 0 Å². The maximum absolute atomic E-state index is 13.3. The Hall–Kier alpha value is -3.32. The number of hydrogen-bond donors (Lipinski definition) is 1. The van der Waals surface area contributed by atoms with Gasteiger partial charge in [-0.05, 0) is 17.7 Å². The van der Waals surface area contributed by atoms with Crippen molar-refractivity contribution < 1.29 is 19.1 Å². The minimum Gasteiger partial charge on any atom is -0.493 e. The third kappa shape index (κ3) is 4.21. The molecule has 2 unspecified atom stereocenters. The van der Waals surface area contributed by atoms with E-state index in [1.54, 1.807) is 36.4 Å². The molecular weight excluding hydrogens is 430 g/mol. The van der Waals surface area contributed by atoms with E-state index >= 15 is 0 Å². The smallest absolute Gasteiger partial charge is 0.255 e. The standard InChI is InChI=1S/C24H24ClN3O4/c1-31-20-10-5-9-18(22(20)32-2)19(13-21(29)27-24(25)11-6-12-26-15-24)28-14-16-7-3-4-8-17(16)23(28)30/h3-10,12,15,19H,11,13-14H2,1-2H3,(H,27,29). The van der Waals surface area contributed by atoms with Crippen LogP contribution in [0.2, 0.25) is 0 Å². The Morgan fingerprint density at radius 3 is 2.72 bits per heavy atom. The zero-order valence-corrected chi connectivity index (χ0v) is 18.6. The summed E-state index contributed by atoms with van der Waals surface area (Å²) in [6, 6.07) is 12.3. The van der Waals surface area contributed by atoms with E-state index in [0.717, 1.165) is 5.56 Å². The molecule has 2 aromatic rings. The molecule has 2 atom stereocenters. The molecular formula is C24H24ClN3O4. The molecule has 2 heterocycles. The Morgan fingerprint density at radius 2 is 2.03 bits per heavy atom. The second-order valence-corrected chi connectivity index (χ2v) is 8.35. The Morgan fingerprint density at radius 1 is 1.22 bits per heavy atom. The van der Waals surface area contributed by atoms with Crippen LogP contribution in [0.5, 0.6) is 11.5 Å². The molecule has 2 aromatic carbocycles. The van der Waals surface area contributed by atoms with Crippen molar-refractivity contribution in [3.8, 4) is 11.5 Å². The Balaban J connectivity index is 1.68. The van der Waals surface area contributed by atoms with Gasteiger partial charge >= 0.3 is 0 Å². The van der Waals surface area contributed by atoms with Crippen molar-refractivity contribution in [1.82, 2.24) is 10.2 Å². The van der Waals surface area contributed by atoms with E-state index in [9.17, 15) is 9.59 Å². The fraction of sp³-hybridized carbons (Fsp3) is 0.292. The molecule has 1 N–H and O–H groups in total. The quantitative estimate of drug-likeness (QED) is 0.510. The average molecular weight is 454 g/mol. The van der Waals surface area contributed by atoms with Crippen molar-refractivity contribution in [3.63, 3.8) is 0 Å². The summed E-state index contributed by atoms with van der Waals surface area (Å²) >= 11 is 6.51. The number of benzene rings is 2. The molecule has 0 spiro atoms. The molecule has 8 heteroatoms. The van der Waals surface area contributed by atoms with Gasteiger partial charge < -0.3 is 19.7 Å². The first-order chi connectivity index (χ1) is 15.5. The lowest BCUT2D eigenvalue weighted by Gasteiger charge is -2.31. The van der Waals surface area contributed by atoms with Gasteiger partial charge in [-0.3, -0.25) is 14.6 Å². The van der Waals surface area contributed by atoms with Gasteiger partial charge in [0.05, 0.1) is 26.7 Å². The lowest BCUT2D eigenvalue weighted by molar-refractivity contribution is -0.122. The van der Waals surface area contributed by atoms with Gasteiger partial charge in [0.25, 0.3) is 5.91 Å². The number of rotatable bonds is 7. The number of carbonyl (C=O) groups is 2. The van der Waals surface area contributed by atoms with Gasteiger partial charge in [0.2, 0.25) is 5.91 Å². The van der Waals surface area contributed by atoms with Crippen molar-refractivity contribution in [1.29, 1.82) is 0 Å². The Bertz CT molecular complexity index is 1100. The van der Waals surface area contributed by atoms with Gasteiger partial charge in [0, 0.05) is 36.5 Å². The topological polar surface area (TPSA) is 80.2 Å². The van der Waals surface area contributed by atoms with Crippen molar-refractivity contribution in [3.05, 3.63) is 71.4 Å². The van der Waals surface area contributed by atoms with E-state index < -0.39 is 11.0 Å². The number of aliphatic imine (C=N–C) groups is 1. The number of methoxy groups -OCH3 is 2. The van der Waals surface area contributed by atoms with Crippen LogP contribution in [0.15, 0.2) is 59.7 Å². The first kappa shape index (κ1) is 21.9. The number of amides is 2. The van der Waals surface area contributed by atoms with E-state index in [2.05, 4.69) is 10.3 Å². The molecule has 0 aliphatic carbocycles. The first-order valence-corrected chi connectivity index (χ1v) is 10.6. The minimum atomic E-state index is -1.09. The minimum absolute atomic E-state index is 0.00468. The molecule has 2 amide bonds. The molecule has 166 valence electrons. The second-order valence-electron chi connectivity index (χ2n) is 7.67. The highest BCUT2D eigenvalue weighted by molar-refractivity contribution is 6.33. The molecule has 0 fully saturated rings. The molecule has 0 saturated carbocycles. The van der Waals surface area contributed by atoms with Crippen LogP contribution in [0.25, 0.3) is 0 Å². The molecule has 7 nitrogen and oxygen atoms in total. The number of para-hydroxylation sites is 1. The third-order valence-electron chi connectivity index (χ3n) is 5.63. The highest BCUT2D eigenvalue weighted by Crippen LogP contribution is 2.41. The predicted molar refractivity (Wildman–Crippen MR) is 122 cm³/mol. The lowest BCUT2D eigenvalue weighted by Crippen LogP contribution is -2.46. The number of hydrogen-bond acceptors (Lipinski definition) is 5. The van der Waals surface area contributed by atoms with Crippen LogP contribution >= 0.6 is 11.6 Å². The number of carbonyl (C=O) groups excluding carboxylic acids is 2. The van der Waals surface area contributed by atoms with Crippen molar-refractivity contribution >= 4 is 29.6 Å². The summed E-state index contributed by atoms with van der Waals surface area (Å²) in [5.41, 5.74) is 2.24. The summed E-state index contributed by atoms with van der Waals surface area (Å²) in [6.07, 6.45) is 5.35. The van der Waals surface area contributed by atoms with E-state index in [1.165, 1.54) is 13.3 Å². The van der Waals surface area contributed by atoms with E-state index in [0.29, 0.717) is 35.6 Å². The largest absolute Gasteiger partial charge is 0.493 e. The Labute approximate surface area is 191 Å². The zero-order valence-electron chi connectivity index (χ0n) is 17.9. The summed E-state index contributed by atoms with van der Waals surface area (Å²) in [5.74, 6) is 0.573. The summed E-state index contributed by atoms with van der Waals surface area (Å²) in [4.78, 5) is 31.0. The summed E-state index contributed by atoms with van der Waals surface area (Å²) in [5, 5.41) is 2.84. The van der Waals surface area contributed by atoms with E-state index in [4.69, 9.17) is 21.1 Å². The zero-order chi connectivity index (χ0) is 22.7. The van der Waals surface area contributed by atoms with Crippen LogP contribution in [-0.4, -0.2) is 42.1 Å². The number of ether oxygens (including phenoxy) is 2. The first-order valence-electron chi connectivity index (χ1n) is 10.2. The van der Waals surface area contributed by atoms with Gasteiger partial charge in [0.15, 0.2) is 16.5 Å². The highest BCUT2D eigenvalue weighted by atomic mass is 35.5. The highest BCUT2D eigenvalue weighted by Gasteiger charge is 2.37. The fourth-order valence-electron chi connectivity index (χ4n) is 4.13. The van der Waals surface area contributed by atoms with E-state index in [-0.39, 0.29) is 18.2 Å². The predicted octanol–water partition coefficient (Wildman–Crippen LogP) is 3.83. The molecule has 0 radical (unpaired) electrons. The number of nitrogens with one attached hydrogen (secondary N) is 1. The van der Waals surface area contributed by atoms with Crippen LogP contribution in [0, 0.1) is 0 Å². The number of nitrogens with zero attached hydrogens (tertiary/aromatic N) is 2. The maximum Gasteiger partial charge on any atom is 0.255 e. The molecule has 32 heavy (non-hydrogen) atoms. The van der Waals surface area contributed by atoms with Crippen molar-refractivity contribution in [2.45, 2.75) is 30.4 Å². The molecule has 2 aliphatic rings. The normalized spacial score (nSPS) is 20.1. The summed E-state index contributed by atoms with van der Waals surface area (Å²) < 4.78 is 11.1. The van der Waals surface area contributed by atoms with Crippen LogP contribution < -0.4 is 14.8 Å². The third-order valence-corrected chi connectivity index (χ3v) is 5.98. The molecule has 0 bridgehead atoms. The van der Waals surface area contributed by atoms with Gasteiger partial charge in [-0.25, -0.2) is 0 Å². The van der Waals surface area contributed by atoms with Crippen molar-refractivity contribution in [2.75, 3.05) is 14.2 Å². The van der Waals surface area contributed by atoms with Crippen LogP contribution in [0.1, 0.15) is 40.4 Å². The maximum atomic E-state index is 13.3. The van der Waals surface area contributed by atoms with Crippen LogP contribution in [0.3, 0.4) is 0 Å². The Kier molecular flexibility index (Phi) is 6.19. The van der Waals surface area contributed by atoms with Crippen LogP contribution in [0.4, 0.5) is 0 Å². The molecule has 2 aliphatic heterocycles. The molecule has 0 aromatic heterocycles. The molecule has 0 saturated heterocycles. The average Bonchev–Trinajstić information content (AvgIpc) is 3.13. The summed E-state index contributed by atoms with van der Waals surface area (Å²) in [7, 11) is 3.09. The molecule has 4 rings (SSSR count). The van der Waals surface area contributed by atoms with E-state index in [1.807, 2.05) is 30.3 Å². The number of fused-ring (bicyclic) bond motifs is 1. The second kappa shape index (κ2) is 9.04. The number of halogens is 1. The van der Waals surface area contributed by atoms with Gasteiger partial charge in [-0.2, -0.15) is 0 Å². The van der Waals surface area contributed by atoms with Gasteiger partial charge in [-0.15, -0.1) is 0 Å². The summed E-state index contributed by atoms with van der Waals surface area (Å²) in [6.45, 7) is 0.392. The number of alkyl halides is 1. The fourth-order valence-corrected chi connectivity index (χ4v) is 4.38. The van der Waals surface area contributed by atoms with Crippen LogP contribution in [-0.2, 0) is 11.3 Å². The lowest BCUT2D eigenvalue weighted by atomic mass is 9.99. The van der Waals surface area contributed by atoms with Gasteiger partial charge in [-0.1, -0.05) is 48.0 Å². The monoisotopic (exact) mass is 453 g/mol. The van der Waals surface area contributed by atoms with Crippen molar-refractivity contribution in [2.24, 2.45) is 4.99 Å².